The maximum absolute atomic E-state index is 6.13. The van der Waals surface area contributed by atoms with Gasteiger partial charge in [0.15, 0.2) is 5.82 Å². The normalized spacial score (nSPS) is 12.9. The summed E-state index contributed by atoms with van der Waals surface area (Å²) in [6, 6.07) is 26.9. The Kier molecular flexibility index (Phi) is 6.26. The lowest BCUT2D eigenvalue weighted by Gasteiger charge is -2.13. The second-order valence-electron chi connectivity index (χ2n) is 9.68. The number of rotatable bonds is 6. The Morgan fingerprint density at radius 1 is 0.946 bits per heavy atom. The number of ether oxygens (including phenoxy) is 1. The molecule has 2 aromatic heterocycles. The zero-order valence-corrected chi connectivity index (χ0v) is 22.0. The van der Waals surface area contributed by atoms with Crippen LogP contribution in [0.2, 0.25) is 0 Å². The summed E-state index contributed by atoms with van der Waals surface area (Å²) < 4.78 is 10.5. The van der Waals surface area contributed by atoms with Gasteiger partial charge in [-0.15, -0.1) is 5.10 Å². The zero-order chi connectivity index (χ0) is 25.4. The first-order valence-corrected chi connectivity index (χ1v) is 13.3. The number of thiocarbonyl (C=S) groups is 1. The minimum Gasteiger partial charge on any atom is -0.486 e. The van der Waals surface area contributed by atoms with Gasteiger partial charge in [0.2, 0.25) is 0 Å². The fourth-order valence-electron chi connectivity index (χ4n) is 5.21. The Labute approximate surface area is 222 Å². The van der Waals surface area contributed by atoms with Crippen molar-refractivity contribution in [3.05, 3.63) is 107 Å². The molecule has 0 saturated carbocycles. The van der Waals surface area contributed by atoms with Gasteiger partial charge in [0, 0.05) is 23.4 Å². The average molecular weight is 507 g/mol. The number of aryl methyl sites for hydroxylation is 4. The summed E-state index contributed by atoms with van der Waals surface area (Å²) in [7, 11) is 0. The monoisotopic (exact) mass is 506 g/mol. The molecule has 5 aromatic rings. The highest BCUT2D eigenvalue weighted by Crippen LogP contribution is 2.37. The number of benzene rings is 3. The molecule has 186 valence electrons. The summed E-state index contributed by atoms with van der Waals surface area (Å²) in [6.45, 7) is 5.57. The van der Waals surface area contributed by atoms with Crippen LogP contribution in [0, 0.1) is 13.8 Å². The van der Waals surface area contributed by atoms with Crippen molar-refractivity contribution >= 4 is 28.5 Å². The molecule has 5 nitrogen and oxygen atoms in total. The van der Waals surface area contributed by atoms with Crippen molar-refractivity contribution in [1.29, 1.82) is 0 Å². The van der Waals surface area contributed by atoms with Crippen molar-refractivity contribution in [2.45, 2.75) is 46.3 Å². The Morgan fingerprint density at radius 3 is 2.46 bits per heavy atom. The second-order valence-corrected chi connectivity index (χ2v) is 10.1. The van der Waals surface area contributed by atoms with E-state index in [0.29, 0.717) is 11.6 Å². The number of nitrogens with zero attached hydrogens (tertiary/aromatic N) is 3. The van der Waals surface area contributed by atoms with Crippen LogP contribution >= 0.6 is 12.2 Å². The van der Waals surface area contributed by atoms with Gasteiger partial charge < -0.3 is 14.6 Å². The first-order valence-electron chi connectivity index (χ1n) is 12.8. The van der Waals surface area contributed by atoms with Crippen LogP contribution in [-0.2, 0) is 19.6 Å². The molecule has 0 radical (unpaired) electrons. The van der Waals surface area contributed by atoms with Crippen LogP contribution in [-0.4, -0.2) is 19.2 Å². The first-order chi connectivity index (χ1) is 18.1. The molecule has 37 heavy (non-hydrogen) atoms. The molecule has 0 unspecified atom stereocenters. The molecule has 0 amide bonds. The highest BCUT2D eigenvalue weighted by atomic mass is 32.1. The molecule has 1 aliphatic heterocycles. The average Bonchev–Trinajstić information content (AvgIpc) is 3.32. The van der Waals surface area contributed by atoms with E-state index in [0.717, 1.165) is 60.0 Å². The smallest absolute Gasteiger partial charge is 0.169 e. The van der Waals surface area contributed by atoms with E-state index in [1.807, 2.05) is 30.3 Å². The molecule has 3 aromatic carbocycles. The van der Waals surface area contributed by atoms with Crippen molar-refractivity contribution in [3.63, 3.8) is 0 Å². The molecule has 6 rings (SSSR count). The largest absolute Gasteiger partial charge is 0.486 e. The highest BCUT2D eigenvalue weighted by molar-refractivity contribution is 7.81. The van der Waals surface area contributed by atoms with Gasteiger partial charge in [0.25, 0.3) is 0 Å². The van der Waals surface area contributed by atoms with Gasteiger partial charge in [-0.2, -0.15) is 0 Å². The molecular weight excluding hydrogens is 476 g/mol. The molecule has 1 aliphatic rings. The number of hydrogen-bond donors (Lipinski definition) is 1. The van der Waals surface area contributed by atoms with Crippen LogP contribution in [0.15, 0.2) is 78.9 Å². The van der Waals surface area contributed by atoms with E-state index in [1.165, 1.54) is 22.3 Å². The summed E-state index contributed by atoms with van der Waals surface area (Å²) in [6.07, 6.45) is 3.22. The second kappa shape index (κ2) is 9.87. The molecule has 0 spiro atoms. The third-order valence-electron chi connectivity index (χ3n) is 7.22. The summed E-state index contributed by atoms with van der Waals surface area (Å²) >= 11 is 6.09. The van der Waals surface area contributed by atoms with Gasteiger partial charge in [-0.1, -0.05) is 66.8 Å². The van der Waals surface area contributed by atoms with Crippen LogP contribution < -0.4 is 10.1 Å². The fourth-order valence-corrected chi connectivity index (χ4v) is 5.52. The van der Waals surface area contributed by atoms with E-state index in [4.69, 9.17) is 22.1 Å². The lowest BCUT2D eigenvalue weighted by atomic mass is 9.98. The summed E-state index contributed by atoms with van der Waals surface area (Å²) in [4.78, 5) is 0.670. The van der Waals surface area contributed by atoms with Crippen LogP contribution in [0.25, 0.3) is 16.8 Å². The van der Waals surface area contributed by atoms with E-state index in [1.54, 1.807) is 0 Å². The summed E-state index contributed by atoms with van der Waals surface area (Å²) in [5.74, 6) is 1.76. The highest BCUT2D eigenvalue weighted by Gasteiger charge is 2.29. The van der Waals surface area contributed by atoms with Crippen LogP contribution in [0.1, 0.15) is 41.1 Å². The van der Waals surface area contributed by atoms with E-state index >= 15 is 0 Å². The summed E-state index contributed by atoms with van der Waals surface area (Å²) in [5.41, 5.74) is 9.19. The molecule has 6 heteroatoms. The molecule has 1 N–H and O–H groups in total. The van der Waals surface area contributed by atoms with Gasteiger partial charge in [0.05, 0.1) is 0 Å². The Morgan fingerprint density at radius 2 is 1.70 bits per heavy atom. The van der Waals surface area contributed by atoms with Gasteiger partial charge >= 0.3 is 0 Å². The van der Waals surface area contributed by atoms with E-state index in [-0.39, 0.29) is 0 Å². The lowest BCUT2D eigenvalue weighted by molar-refractivity contribution is 0.288. The van der Waals surface area contributed by atoms with E-state index < -0.39 is 0 Å². The molecule has 0 bridgehead atoms. The van der Waals surface area contributed by atoms with E-state index in [2.05, 4.69) is 76.8 Å². The van der Waals surface area contributed by atoms with Crippen LogP contribution in [0.4, 0.5) is 5.69 Å². The van der Waals surface area contributed by atoms with Crippen molar-refractivity contribution in [2.75, 3.05) is 5.32 Å². The molecule has 0 saturated heterocycles. The molecule has 3 heterocycles. The molecule has 0 fully saturated rings. The van der Waals surface area contributed by atoms with Crippen molar-refractivity contribution in [1.82, 2.24) is 14.2 Å². The van der Waals surface area contributed by atoms with Crippen molar-refractivity contribution < 1.29 is 4.74 Å². The minimum atomic E-state index is 0.405. The number of hydrogen-bond acceptors (Lipinski definition) is 3. The number of anilines is 1. The van der Waals surface area contributed by atoms with Gasteiger partial charge in [-0.3, -0.25) is 0 Å². The Hall–Kier alpha value is -3.90. The number of aromatic nitrogens is 3. The Bertz CT molecular complexity index is 1580. The molecular formula is C31H30N4OS. The van der Waals surface area contributed by atoms with Crippen molar-refractivity contribution in [2.24, 2.45) is 0 Å². The van der Waals surface area contributed by atoms with Crippen LogP contribution in [0.3, 0.4) is 0 Å². The van der Waals surface area contributed by atoms with E-state index in [9.17, 15) is 0 Å². The molecule has 0 aliphatic carbocycles. The number of para-hydroxylation sites is 1. The molecule has 0 atom stereocenters. The topological polar surface area (TPSA) is 43.5 Å². The number of nitrogens with one attached hydrogen (secondary N) is 1. The van der Waals surface area contributed by atoms with Gasteiger partial charge in [-0.05, 0) is 74.1 Å². The fraction of sp³-hybridized carbons (Fsp3) is 0.226. The van der Waals surface area contributed by atoms with Gasteiger partial charge in [-0.25, -0.2) is 4.52 Å². The minimum absolute atomic E-state index is 0.405. The third-order valence-corrected chi connectivity index (χ3v) is 7.51. The maximum atomic E-state index is 6.13. The first kappa shape index (κ1) is 23.5. The van der Waals surface area contributed by atoms with Crippen LogP contribution in [0.5, 0.6) is 5.75 Å². The summed E-state index contributed by atoms with van der Waals surface area (Å²) in [5, 5.41) is 8.63. The SMILES string of the molecule is Cc1ccc(NC(=S)c2c(-c3ccccc3)c3c4n(c(COc5ccccc5)nn24)CCCC3)cc1C. The Balaban J connectivity index is 1.49. The standard InChI is InChI=1S/C31H30N4OS/c1-21-16-17-24(19-22(21)2)32-30(37)29-28(23-11-5-3-6-12-23)26-15-9-10-18-34-27(33-35(29)31(26)34)20-36-25-13-7-4-8-14-25/h3-8,11-14,16-17,19H,9-10,15,18,20H2,1-2H3,(H,32,37). The quantitative estimate of drug-likeness (QED) is 0.249. The third kappa shape index (κ3) is 4.42. The maximum Gasteiger partial charge on any atom is 0.169 e. The lowest BCUT2D eigenvalue weighted by Crippen LogP contribution is -2.15. The van der Waals surface area contributed by atoms with Gasteiger partial charge in [0.1, 0.15) is 28.7 Å². The van der Waals surface area contributed by atoms with Crippen molar-refractivity contribution in [3.8, 4) is 16.9 Å². The predicted molar refractivity (Wildman–Crippen MR) is 154 cm³/mol. The zero-order valence-electron chi connectivity index (χ0n) is 21.2. The predicted octanol–water partition coefficient (Wildman–Crippen LogP) is 7.12.